The number of benzene rings is 1. The predicted octanol–water partition coefficient (Wildman–Crippen LogP) is 0.989. The fourth-order valence-electron chi connectivity index (χ4n) is 1.73. The molecule has 0 saturated carbocycles. The summed E-state index contributed by atoms with van der Waals surface area (Å²) in [4.78, 5) is 24.5. The van der Waals surface area contributed by atoms with Gasteiger partial charge in [-0.15, -0.1) is 0 Å². The molecule has 1 aromatic rings. The summed E-state index contributed by atoms with van der Waals surface area (Å²) in [6, 6.07) is 5.32. The van der Waals surface area contributed by atoms with Gasteiger partial charge in [-0.2, -0.15) is 5.26 Å². The van der Waals surface area contributed by atoms with Crippen LogP contribution in [-0.2, 0) is 16.0 Å². The van der Waals surface area contributed by atoms with Crippen LogP contribution in [0.5, 0.6) is 5.75 Å². The Bertz CT molecular complexity index is 536. The third-order valence-corrected chi connectivity index (χ3v) is 2.85. The largest absolute Gasteiger partial charge is 0.508 e. The van der Waals surface area contributed by atoms with Gasteiger partial charge in [0.15, 0.2) is 6.19 Å². The van der Waals surface area contributed by atoms with Crippen LogP contribution < -0.4 is 5.32 Å². The topological polar surface area (TPSA) is 103 Å². The van der Waals surface area contributed by atoms with Crippen molar-refractivity contribution in [1.29, 1.82) is 5.26 Å². The maximum Gasteiger partial charge on any atom is 0.407 e. The average Bonchev–Trinajstić information content (AvgIpc) is 2.49. The van der Waals surface area contributed by atoms with Gasteiger partial charge in [0.1, 0.15) is 11.8 Å². The molecule has 0 aliphatic heterocycles. The second kappa shape index (κ2) is 7.75. The lowest BCUT2D eigenvalue weighted by Crippen LogP contribution is -2.48. The number of carbonyl (C=O) groups is 2. The summed E-state index contributed by atoms with van der Waals surface area (Å²) < 4.78 is 4.49. The lowest BCUT2D eigenvalue weighted by Gasteiger charge is -2.21. The number of likely N-dealkylation sites (N-methyl/N-ethyl adjacent to an activating group) is 1. The van der Waals surface area contributed by atoms with Gasteiger partial charge in [0, 0.05) is 13.0 Å². The highest BCUT2D eigenvalue weighted by atomic mass is 16.5. The Hall–Kier alpha value is -2.75. The number of nitrogens with zero attached hydrogens (tertiary/aromatic N) is 2. The average molecular weight is 291 g/mol. The molecule has 21 heavy (non-hydrogen) atoms. The molecule has 0 heterocycles. The highest BCUT2D eigenvalue weighted by Gasteiger charge is 2.26. The fourth-order valence-corrected chi connectivity index (χ4v) is 1.73. The SMILES string of the molecule is CCN(C#N)C(=O)C(Cc1ccc(O)cc1)NC(=O)OC. The van der Waals surface area contributed by atoms with Gasteiger partial charge in [-0.25, -0.2) is 9.69 Å². The van der Waals surface area contributed by atoms with E-state index in [0.717, 1.165) is 10.5 Å². The van der Waals surface area contributed by atoms with E-state index in [9.17, 15) is 14.7 Å². The smallest absolute Gasteiger partial charge is 0.407 e. The van der Waals surface area contributed by atoms with E-state index in [2.05, 4.69) is 10.1 Å². The minimum atomic E-state index is -0.915. The van der Waals surface area contributed by atoms with Crippen LogP contribution in [-0.4, -0.2) is 41.7 Å². The quantitative estimate of drug-likeness (QED) is 0.622. The number of carbonyl (C=O) groups excluding carboxylic acids is 2. The summed E-state index contributed by atoms with van der Waals surface area (Å²) in [6.45, 7) is 1.88. The van der Waals surface area contributed by atoms with Gasteiger partial charge < -0.3 is 15.2 Å². The molecule has 1 atom stereocenters. The normalized spacial score (nSPS) is 11.1. The van der Waals surface area contributed by atoms with Gasteiger partial charge in [0.05, 0.1) is 7.11 Å². The molecule has 1 rings (SSSR count). The summed E-state index contributed by atoms with van der Waals surface area (Å²) in [5.41, 5.74) is 0.733. The Morgan fingerprint density at radius 3 is 2.52 bits per heavy atom. The number of phenols is 1. The van der Waals surface area contributed by atoms with Gasteiger partial charge in [0.2, 0.25) is 0 Å². The molecule has 2 N–H and O–H groups in total. The van der Waals surface area contributed by atoms with Crippen LogP contribution in [0, 0.1) is 11.5 Å². The molecule has 0 bridgehead atoms. The number of hydrogen-bond acceptors (Lipinski definition) is 5. The molecule has 2 amide bonds. The monoisotopic (exact) mass is 291 g/mol. The highest BCUT2D eigenvalue weighted by molar-refractivity contribution is 5.87. The molecule has 0 aromatic heterocycles. The van der Waals surface area contributed by atoms with Crippen molar-refractivity contribution in [2.45, 2.75) is 19.4 Å². The van der Waals surface area contributed by atoms with E-state index < -0.39 is 18.0 Å². The highest BCUT2D eigenvalue weighted by Crippen LogP contribution is 2.12. The van der Waals surface area contributed by atoms with Crippen molar-refractivity contribution in [2.75, 3.05) is 13.7 Å². The molecule has 7 heteroatoms. The zero-order chi connectivity index (χ0) is 15.8. The number of aromatic hydroxyl groups is 1. The van der Waals surface area contributed by atoms with Crippen molar-refractivity contribution in [3.8, 4) is 11.9 Å². The van der Waals surface area contributed by atoms with Crippen molar-refractivity contribution in [3.63, 3.8) is 0 Å². The Morgan fingerprint density at radius 1 is 1.43 bits per heavy atom. The van der Waals surface area contributed by atoms with Crippen LogP contribution in [0.15, 0.2) is 24.3 Å². The summed E-state index contributed by atoms with van der Waals surface area (Å²) >= 11 is 0. The maximum atomic E-state index is 12.2. The van der Waals surface area contributed by atoms with Gasteiger partial charge >= 0.3 is 6.09 Å². The molecule has 1 unspecified atom stereocenters. The molecule has 1 aromatic carbocycles. The molecule has 0 aliphatic carbocycles. The number of hydrogen-bond donors (Lipinski definition) is 2. The van der Waals surface area contributed by atoms with Crippen LogP contribution in [0.4, 0.5) is 4.79 Å². The molecule has 0 fully saturated rings. The van der Waals surface area contributed by atoms with E-state index in [4.69, 9.17) is 5.26 Å². The van der Waals surface area contributed by atoms with Crippen molar-refractivity contribution in [2.24, 2.45) is 0 Å². The second-order valence-electron chi connectivity index (χ2n) is 4.24. The number of phenolic OH excluding ortho intramolecular Hbond substituents is 1. The minimum Gasteiger partial charge on any atom is -0.508 e. The van der Waals surface area contributed by atoms with Crippen LogP contribution in [0.3, 0.4) is 0 Å². The third-order valence-electron chi connectivity index (χ3n) is 2.85. The molecular weight excluding hydrogens is 274 g/mol. The number of nitrogens with one attached hydrogen (secondary N) is 1. The second-order valence-corrected chi connectivity index (χ2v) is 4.24. The van der Waals surface area contributed by atoms with E-state index in [-0.39, 0.29) is 18.7 Å². The molecule has 0 aliphatic rings. The number of nitriles is 1. The van der Waals surface area contributed by atoms with Crippen molar-refractivity contribution >= 4 is 12.0 Å². The lowest BCUT2D eigenvalue weighted by atomic mass is 10.0. The minimum absolute atomic E-state index is 0.106. The zero-order valence-electron chi connectivity index (χ0n) is 11.9. The number of ether oxygens (including phenoxy) is 1. The van der Waals surface area contributed by atoms with Crippen LogP contribution >= 0.6 is 0 Å². The Morgan fingerprint density at radius 2 is 2.05 bits per heavy atom. The summed E-state index contributed by atoms with van der Waals surface area (Å²) in [5, 5.41) is 20.6. The van der Waals surface area contributed by atoms with Gasteiger partial charge in [0.25, 0.3) is 5.91 Å². The summed E-state index contributed by atoms with van der Waals surface area (Å²) in [5.74, 6) is -0.409. The molecule has 112 valence electrons. The lowest BCUT2D eigenvalue weighted by molar-refractivity contribution is -0.130. The van der Waals surface area contributed by atoms with Crippen LogP contribution in [0.1, 0.15) is 12.5 Å². The summed E-state index contributed by atoms with van der Waals surface area (Å²) in [7, 11) is 1.19. The Balaban J connectivity index is 2.91. The first kappa shape index (κ1) is 16.3. The van der Waals surface area contributed by atoms with E-state index >= 15 is 0 Å². The number of rotatable bonds is 5. The van der Waals surface area contributed by atoms with E-state index in [1.807, 2.05) is 0 Å². The Kier molecular flexibility index (Phi) is 6.01. The molecule has 0 saturated heterocycles. The van der Waals surface area contributed by atoms with Gasteiger partial charge in [-0.1, -0.05) is 12.1 Å². The first-order chi connectivity index (χ1) is 10.0. The third kappa shape index (κ3) is 4.69. The molecule has 0 radical (unpaired) electrons. The van der Waals surface area contributed by atoms with E-state index in [0.29, 0.717) is 0 Å². The van der Waals surface area contributed by atoms with E-state index in [1.54, 1.807) is 25.2 Å². The van der Waals surface area contributed by atoms with Crippen molar-refractivity contribution in [3.05, 3.63) is 29.8 Å². The number of methoxy groups -OCH3 is 1. The van der Waals surface area contributed by atoms with Crippen LogP contribution in [0.25, 0.3) is 0 Å². The van der Waals surface area contributed by atoms with Gasteiger partial charge in [-0.05, 0) is 24.6 Å². The first-order valence-corrected chi connectivity index (χ1v) is 6.35. The van der Waals surface area contributed by atoms with Gasteiger partial charge in [-0.3, -0.25) is 4.79 Å². The fraction of sp³-hybridized carbons (Fsp3) is 0.357. The first-order valence-electron chi connectivity index (χ1n) is 6.35. The predicted molar refractivity (Wildman–Crippen MR) is 74.1 cm³/mol. The Labute approximate surface area is 122 Å². The summed E-state index contributed by atoms with van der Waals surface area (Å²) in [6.07, 6.45) is 1.21. The number of amides is 2. The van der Waals surface area contributed by atoms with Crippen molar-refractivity contribution in [1.82, 2.24) is 10.2 Å². The molecule has 7 nitrogen and oxygen atoms in total. The van der Waals surface area contributed by atoms with Crippen LogP contribution in [0.2, 0.25) is 0 Å². The molecule has 0 spiro atoms. The van der Waals surface area contributed by atoms with E-state index in [1.165, 1.54) is 19.2 Å². The van der Waals surface area contributed by atoms with Crippen molar-refractivity contribution < 1.29 is 19.4 Å². The standard InChI is InChI=1S/C14H17N3O4/c1-3-17(9-15)13(19)12(16-14(20)21-2)8-10-4-6-11(18)7-5-10/h4-7,12,18H,3,8H2,1-2H3,(H,16,20). The maximum absolute atomic E-state index is 12.2. The molecular formula is C14H17N3O4. The zero-order valence-corrected chi connectivity index (χ0v) is 11.9. The number of alkyl carbamates (subject to hydrolysis) is 1.